The highest BCUT2D eigenvalue weighted by Crippen LogP contribution is 2.16. The third-order valence-electron chi connectivity index (χ3n) is 3.28. The van der Waals surface area contributed by atoms with Crippen LogP contribution in [0.1, 0.15) is 23.2 Å². The van der Waals surface area contributed by atoms with Crippen LogP contribution in [0.15, 0.2) is 18.2 Å². The smallest absolute Gasteiger partial charge is 0.256 e. The number of halogens is 2. The van der Waals surface area contributed by atoms with E-state index in [-0.39, 0.29) is 17.5 Å². The van der Waals surface area contributed by atoms with Gasteiger partial charge in [0, 0.05) is 25.2 Å². The molecule has 0 radical (unpaired) electrons. The molecule has 1 amide bonds. The summed E-state index contributed by atoms with van der Waals surface area (Å²) >= 11 is 0. The van der Waals surface area contributed by atoms with Crippen molar-refractivity contribution in [2.24, 2.45) is 0 Å². The predicted octanol–water partition coefficient (Wildman–Crippen LogP) is 1.79. The Morgan fingerprint density at radius 1 is 1.44 bits per heavy atom. The van der Waals surface area contributed by atoms with Crippen LogP contribution in [-0.4, -0.2) is 37.0 Å². The van der Waals surface area contributed by atoms with Gasteiger partial charge in [0.15, 0.2) is 0 Å². The van der Waals surface area contributed by atoms with Crippen LogP contribution in [0.25, 0.3) is 0 Å². The lowest BCUT2D eigenvalue weighted by molar-refractivity contribution is 0.0693. The summed E-state index contributed by atoms with van der Waals surface area (Å²) in [6.45, 7) is 1.18. The van der Waals surface area contributed by atoms with Crippen LogP contribution in [0.5, 0.6) is 0 Å². The molecule has 18 heavy (non-hydrogen) atoms. The standard InChI is InChI=1S/C13H16F2N2O/c1-16-10-3-2-6-17(8-10)13(18)11-5-4-9(14)7-12(11)15/h4-5,7,10,16H,2-3,6,8H2,1H3. The van der Waals surface area contributed by atoms with Crippen molar-refractivity contribution in [1.29, 1.82) is 0 Å². The quantitative estimate of drug-likeness (QED) is 0.872. The second-order valence-corrected chi connectivity index (χ2v) is 4.50. The maximum atomic E-state index is 13.5. The Bertz CT molecular complexity index is 451. The minimum Gasteiger partial charge on any atom is -0.337 e. The van der Waals surface area contributed by atoms with Crippen molar-refractivity contribution in [3.63, 3.8) is 0 Å². The van der Waals surface area contributed by atoms with Crippen molar-refractivity contribution >= 4 is 5.91 Å². The zero-order valence-corrected chi connectivity index (χ0v) is 10.2. The van der Waals surface area contributed by atoms with Gasteiger partial charge in [-0.2, -0.15) is 0 Å². The molecule has 0 aromatic heterocycles. The Labute approximate surface area is 105 Å². The molecule has 0 spiro atoms. The lowest BCUT2D eigenvalue weighted by Gasteiger charge is -2.32. The Morgan fingerprint density at radius 2 is 2.22 bits per heavy atom. The number of carbonyl (C=O) groups excluding carboxylic acids is 1. The van der Waals surface area contributed by atoms with Gasteiger partial charge in [-0.15, -0.1) is 0 Å². The fourth-order valence-corrected chi connectivity index (χ4v) is 2.23. The largest absolute Gasteiger partial charge is 0.337 e. The fraction of sp³-hybridized carbons (Fsp3) is 0.462. The summed E-state index contributed by atoms with van der Waals surface area (Å²) in [5.41, 5.74) is -0.0619. The maximum absolute atomic E-state index is 13.5. The van der Waals surface area contributed by atoms with Crippen LogP contribution in [0.4, 0.5) is 8.78 Å². The van der Waals surface area contributed by atoms with Gasteiger partial charge >= 0.3 is 0 Å². The molecule has 1 aromatic carbocycles. The van der Waals surface area contributed by atoms with Crippen LogP contribution >= 0.6 is 0 Å². The van der Waals surface area contributed by atoms with Crippen molar-refractivity contribution in [3.8, 4) is 0 Å². The van der Waals surface area contributed by atoms with Crippen molar-refractivity contribution in [1.82, 2.24) is 10.2 Å². The molecule has 5 heteroatoms. The third kappa shape index (κ3) is 2.67. The first-order chi connectivity index (χ1) is 8.61. The Balaban J connectivity index is 2.15. The number of likely N-dealkylation sites (N-methyl/N-ethyl adjacent to an activating group) is 1. The Morgan fingerprint density at radius 3 is 2.89 bits per heavy atom. The molecule has 3 nitrogen and oxygen atoms in total. The summed E-state index contributed by atoms with van der Waals surface area (Å²) in [6.07, 6.45) is 1.90. The zero-order chi connectivity index (χ0) is 13.1. The molecule has 1 aliphatic rings. The van der Waals surface area contributed by atoms with E-state index >= 15 is 0 Å². The second-order valence-electron chi connectivity index (χ2n) is 4.50. The van der Waals surface area contributed by atoms with E-state index in [0.29, 0.717) is 13.1 Å². The van der Waals surface area contributed by atoms with Crippen LogP contribution in [0, 0.1) is 11.6 Å². The number of nitrogens with zero attached hydrogens (tertiary/aromatic N) is 1. The predicted molar refractivity (Wildman–Crippen MR) is 64.3 cm³/mol. The Kier molecular flexibility index (Phi) is 3.91. The lowest BCUT2D eigenvalue weighted by Crippen LogP contribution is -2.47. The normalized spacial score (nSPS) is 19.9. The first kappa shape index (κ1) is 13.0. The van der Waals surface area contributed by atoms with Crippen LogP contribution in [0.2, 0.25) is 0 Å². The van der Waals surface area contributed by atoms with Crippen molar-refractivity contribution in [2.45, 2.75) is 18.9 Å². The average molecular weight is 254 g/mol. The molecule has 0 bridgehead atoms. The van der Waals surface area contributed by atoms with Crippen molar-refractivity contribution in [2.75, 3.05) is 20.1 Å². The average Bonchev–Trinajstić information content (AvgIpc) is 2.38. The molecular formula is C13H16F2N2O. The molecule has 98 valence electrons. The van der Waals surface area contributed by atoms with Crippen molar-refractivity contribution < 1.29 is 13.6 Å². The zero-order valence-electron chi connectivity index (χ0n) is 10.2. The molecule has 1 unspecified atom stereocenters. The van der Waals surface area contributed by atoms with Gasteiger partial charge in [-0.3, -0.25) is 4.79 Å². The van der Waals surface area contributed by atoms with Gasteiger partial charge in [-0.1, -0.05) is 0 Å². The number of rotatable bonds is 2. The topological polar surface area (TPSA) is 32.3 Å². The first-order valence-corrected chi connectivity index (χ1v) is 6.03. The summed E-state index contributed by atoms with van der Waals surface area (Å²) in [5, 5.41) is 3.12. The van der Waals surface area contributed by atoms with Crippen LogP contribution in [0.3, 0.4) is 0 Å². The van der Waals surface area contributed by atoms with Gasteiger partial charge in [0.25, 0.3) is 5.91 Å². The molecule has 2 rings (SSSR count). The second kappa shape index (κ2) is 5.44. The molecule has 1 atom stereocenters. The van der Waals surface area contributed by atoms with E-state index in [9.17, 15) is 13.6 Å². The number of benzene rings is 1. The molecule has 0 aliphatic carbocycles. The number of hydrogen-bond donors (Lipinski definition) is 1. The minimum atomic E-state index is -0.799. The lowest BCUT2D eigenvalue weighted by atomic mass is 10.0. The van der Waals surface area contributed by atoms with Gasteiger partial charge < -0.3 is 10.2 Å². The highest BCUT2D eigenvalue weighted by molar-refractivity contribution is 5.94. The van der Waals surface area contributed by atoms with Crippen molar-refractivity contribution in [3.05, 3.63) is 35.4 Å². The summed E-state index contributed by atoms with van der Waals surface area (Å²) < 4.78 is 26.3. The van der Waals surface area contributed by atoms with Crippen LogP contribution < -0.4 is 5.32 Å². The number of amides is 1. The highest BCUT2D eigenvalue weighted by Gasteiger charge is 2.25. The third-order valence-corrected chi connectivity index (χ3v) is 3.28. The van der Waals surface area contributed by atoms with E-state index in [2.05, 4.69) is 5.32 Å². The minimum absolute atomic E-state index is 0.0619. The van der Waals surface area contributed by atoms with Gasteiger partial charge in [-0.05, 0) is 32.0 Å². The van der Waals surface area contributed by atoms with E-state index in [1.807, 2.05) is 7.05 Å². The number of hydrogen-bond acceptors (Lipinski definition) is 2. The summed E-state index contributed by atoms with van der Waals surface area (Å²) in [5.74, 6) is -1.84. The van der Waals surface area contributed by atoms with E-state index < -0.39 is 11.6 Å². The SMILES string of the molecule is CNC1CCCN(C(=O)c2ccc(F)cc2F)C1. The number of likely N-dealkylation sites (tertiary alicyclic amines) is 1. The van der Waals surface area contributed by atoms with Gasteiger partial charge in [0.05, 0.1) is 5.56 Å². The fourth-order valence-electron chi connectivity index (χ4n) is 2.23. The van der Waals surface area contributed by atoms with Gasteiger partial charge in [-0.25, -0.2) is 8.78 Å². The molecular weight excluding hydrogens is 238 g/mol. The van der Waals surface area contributed by atoms with E-state index in [0.717, 1.165) is 25.0 Å². The molecule has 1 heterocycles. The molecule has 0 saturated carbocycles. The first-order valence-electron chi connectivity index (χ1n) is 6.03. The molecule has 1 N–H and O–H groups in total. The van der Waals surface area contributed by atoms with Crippen LogP contribution in [-0.2, 0) is 0 Å². The highest BCUT2D eigenvalue weighted by atomic mass is 19.1. The van der Waals surface area contributed by atoms with E-state index in [1.165, 1.54) is 6.07 Å². The monoisotopic (exact) mass is 254 g/mol. The summed E-state index contributed by atoms with van der Waals surface area (Å²) in [4.78, 5) is 13.7. The summed E-state index contributed by atoms with van der Waals surface area (Å²) in [6, 6.07) is 3.30. The summed E-state index contributed by atoms with van der Waals surface area (Å²) in [7, 11) is 1.84. The Hall–Kier alpha value is -1.49. The van der Waals surface area contributed by atoms with E-state index in [1.54, 1.807) is 4.90 Å². The molecule has 1 saturated heterocycles. The van der Waals surface area contributed by atoms with Gasteiger partial charge in [0.1, 0.15) is 11.6 Å². The van der Waals surface area contributed by atoms with Gasteiger partial charge in [0.2, 0.25) is 0 Å². The maximum Gasteiger partial charge on any atom is 0.256 e. The number of carbonyl (C=O) groups is 1. The molecule has 1 aliphatic heterocycles. The molecule has 1 aromatic rings. The number of piperidine rings is 1. The van der Waals surface area contributed by atoms with E-state index in [4.69, 9.17) is 0 Å². The number of nitrogens with one attached hydrogen (secondary N) is 1. The molecule has 1 fully saturated rings.